The van der Waals surface area contributed by atoms with E-state index in [1.54, 1.807) is 0 Å². The molecule has 0 unspecified atom stereocenters. The summed E-state index contributed by atoms with van der Waals surface area (Å²) < 4.78 is 17.3. The summed E-state index contributed by atoms with van der Waals surface area (Å²) in [6.07, 6.45) is 1.96. The van der Waals surface area contributed by atoms with E-state index in [1.807, 2.05) is 91.1 Å². The fraction of sp³-hybridized carbons (Fsp3) is 0. The molecular formula is C33H23N2OP. The Morgan fingerprint density at radius 2 is 1.14 bits per heavy atom. The van der Waals surface area contributed by atoms with Crippen LogP contribution in [0.4, 0.5) is 0 Å². The maximum atomic E-state index is 15.0. The number of nitrogens with zero attached hydrogens (tertiary/aromatic N) is 2. The normalized spacial score (nSPS) is 11.9. The van der Waals surface area contributed by atoms with Crippen LogP contribution in [0.25, 0.3) is 38.6 Å². The molecule has 7 aromatic rings. The molecule has 37 heavy (non-hydrogen) atoms. The molecule has 3 nitrogen and oxygen atoms in total. The number of para-hydroxylation sites is 3. The molecule has 176 valence electrons. The monoisotopic (exact) mass is 494 g/mol. The Morgan fingerprint density at radius 3 is 1.86 bits per heavy atom. The van der Waals surface area contributed by atoms with E-state index < -0.39 is 7.14 Å². The van der Waals surface area contributed by atoms with Crippen LogP contribution in [0.3, 0.4) is 0 Å². The maximum absolute atomic E-state index is 15.0. The molecule has 0 saturated heterocycles. The van der Waals surface area contributed by atoms with Crippen molar-refractivity contribution >= 4 is 50.5 Å². The summed E-state index contributed by atoms with van der Waals surface area (Å²) in [5.41, 5.74) is 6.31. The van der Waals surface area contributed by atoms with E-state index >= 15 is 4.57 Å². The van der Waals surface area contributed by atoms with Crippen LogP contribution in [0.1, 0.15) is 0 Å². The lowest BCUT2D eigenvalue weighted by Crippen LogP contribution is -2.25. The van der Waals surface area contributed by atoms with Crippen LogP contribution in [-0.2, 0) is 4.57 Å². The molecule has 0 atom stereocenters. The van der Waals surface area contributed by atoms with Crippen molar-refractivity contribution in [3.05, 3.63) is 140 Å². The third kappa shape index (κ3) is 3.36. The summed E-state index contributed by atoms with van der Waals surface area (Å²) in [5.74, 6) is 0. The average Bonchev–Trinajstić information content (AvgIpc) is 3.32. The van der Waals surface area contributed by atoms with Crippen molar-refractivity contribution in [3.8, 4) is 11.1 Å². The van der Waals surface area contributed by atoms with Crippen molar-refractivity contribution in [2.24, 2.45) is 0 Å². The van der Waals surface area contributed by atoms with Crippen molar-refractivity contribution in [2.45, 2.75) is 0 Å². The third-order valence-electron chi connectivity index (χ3n) is 7.10. The number of hydrogen-bond donors (Lipinski definition) is 0. The highest BCUT2D eigenvalue weighted by atomic mass is 31.2. The SMILES string of the molecule is O=P(c1ccccc1)(c1ccccc1)c1cccc(-c2c3ccccc3n3c2cnc2ccccc23)c1. The lowest BCUT2D eigenvalue weighted by Gasteiger charge is -2.20. The molecule has 0 aliphatic heterocycles. The molecule has 0 aliphatic rings. The Kier molecular flexibility index (Phi) is 5.06. The van der Waals surface area contributed by atoms with Gasteiger partial charge in [0, 0.05) is 26.9 Å². The van der Waals surface area contributed by atoms with Crippen LogP contribution in [0.5, 0.6) is 0 Å². The van der Waals surface area contributed by atoms with Gasteiger partial charge in [0.15, 0.2) is 7.14 Å². The molecule has 0 fully saturated rings. The summed E-state index contributed by atoms with van der Waals surface area (Å²) in [7, 11) is -3.09. The van der Waals surface area contributed by atoms with Crippen molar-refractivity contribution in [1.29, 1.82) is 0 Å². The first-order valence-corrected chi connectivity index (χ1v) is 14.0. The van der Waals surface area contributed by atoms with Crippen molar-refractivity contribution in [1.82, 2.24) is 9.38 Å². The molecule has 4 heteroatoms. The summed E-state index contributed by atoms with van der Waals surface area (Å²) >= 11 is 0. The molecule has 0 N–H and O–H groups in total. The average molecular weight is 495 g/mol. The maximum Gasteiger partial charge on any atom is 0.171 e. The Bertz CT molecular complexity index is 1920. The van der Waals surface area contributed by atoms with Crippen LogP contribution >= 0.6 is 7.14 Å². The fourth-order valence-electron chi connectivity index (χ4n) is 5.42. The summed E-state index contributed by atoms with van der Waals surface area (Å²) in [4.78, 5) is 4.78. The number of hydrogen-bond acceptors (Lipinski definition) is 2. The minimum absolute atomic E-state index is 0.819. The summed E-state index contributed by atoms with van der Waals surface area (Å²) in [6, 6.07) is 44.6. The van der Waals surface area contributed by atoms with Gasteiger partial charge in [-0.2, -0.15) is 0 Å². The smallest absolute Gasteiger partial charge is 0.171 e. The Labute approximate surface area is 215 Å². The zero-order valence-electron chi connectivity index (χ0n) is 20.0. The molecule has 0 aliphatic carbocycles. The number of fused-ring (bicyclic) bond motifs is 5. The number of benzene rings is 5. The Balaban J connectivity index is 1.53. The lowest BCUT2D eigenvalue weighted by molar-refractivity contribution is 0.592. The van der Waals surface area contributed by atoms with Crippen molar-refractivity contribution in [3.63, 3.8) is 0 Å². The lowest BCUT2D eigenvalue weighted by atomic mass is 10.0. The van der Waals surface area contributed by atoms with E-state index in [4.69, 9.17) is 4.98 Å². The quantitative estimate of drug-likeness (QED) is 0.248. The molecule has 0 spiro atoms. The molecule has 0 bridgehead atoms. The highest BCUT2D eigenvalue weighted by Gasteiger charge is 2.30. The molecule has 5 aromatic carbocycles. The van der Waals surface area contributed by atoms with Gasteiger partial charge in [0.2, 0.25) is 0 Å². The van der Waals surface area contributed by atoms with E-state index in [-0.39, 0.29) is 0 Å². The van der Waals surface area contributed by atoms with Crippen LogP contribution in [0.15, 0.2) is 140 Å². The van der Waals surface area contributed by atoms with E-state index in [1.165, 1.54) is 0 Å². The van der Waals surface area contributed by atoms with Crippen molar-refractivity contribution < 1.29 is 4.57 Å². The first-order chi connectivity index (χ1) is 18.2. The van der Waals surface area contributed by atoms with Gasteiger partial charge in [0.05, 0.1) is 28.3 Å². The van der Waals surface area contributed by atoms with E-state index in [0.29, 0.717) is 0 Å². The van der Waals surface area contributed by atoms with Gasteiger partial charge in [-0.1, -0.05) is 109 Å². The number of rotatable bonds is 4. The largest absolute Gasteiger partial charge is 0.309 e. The predicted molar refractivity (Wildman–Crippen MR) is 155 cm³/mol. The Morgan fingerprint density at radius 1 is 0.541 bits per heavy atom. The fourth-order valence-corrected chi connectivity index (χ4v) is 8.11. The van der Waals surface area contributed by atoms with E-state index in [2.05, 4.69) is 52.9 Å². The van der Waals surface area contributed by atoms with Gasteiger partial charge in [-0.25, -0.2) is 0 Å². The van der Waals surface area contributed by atoms with Gasteiger partial charge in [-0.3, -0.25) is 4.98 Å². The second-order valence-electron chi connectivity index (χ2n) is 9.19. The molecule has 2 aromatic heterocycles. The Hall–Kier alpha value is -4.46. The van der Waals surface area contributed by atoms with Gasteiger partial charge >= 0.3 is 0 Å². The second kappa shape index (κ2) is 8.58. The molecule has 0 saturated carbocycles. The zero-order valence-corrected chi connectivity index (χ0v) is 20.9. The molecule has 0 radical (unpaired) electrons. The first-order valence-electron chi connectivity index (χ1n) is 12.3. The highest BCUT2D eigenvalue weighted by Crippen LogP contribution is 2.44. The molecule has 2 heterocycles. The third-order valence-corrected chi connectivity index (χ3v) is 10.2. The highest BCUT2D eigenvalue weighted by molar-refractivity contribution is 7.85. The van der Waals surface area contributed by atoms with Crippen molar-refractivity contribution in [2.75, 3.05) is 0 Å². The van der Waals surface area contributed by atoms with Gasteiger partial charge in [0.1, 0.15) is 0 Å². The predicted octanol–water partition coefficient (Wildman–Crippen LogP) is 6.95. The minimum Gasteiger partial charge on any atom is -0.309 e. The van der Waals surface area contributed by atoms with Gasteiger partial charge in [0.25, 0.3) is 0 Å². The van der Waals surface area contributed by atoms with Gasteiger partial charge in [-0.05, 0) is 29.8 Å². The van der Waals surface area contributed by atoms with E-state index in [9.17, 15) is 0 Å². The topological polar surface area (TPSA) is 34.4 Å². The molecule has 0 amide bonds. The van der Waals surface area contributed by atoms with Crippen LogP contribution in [0, 0.1) is 0 Å². The van der Waals surface area contributed by atoms with Gasteiger partial charge in [-0.15, -0.1) is 0 Å². The van der Waals surface area contributed by atoms with Crippen LogP contribution in [-0.4, -0.2) is 9.38 Å². The molecular weight excluding hydrogens is 471 g/mol. The van der Waals surface area contributed by atoms with E-state index in [0.717, 1.165) is 54.5 Å². The van der Waals surface area contributed by atoms with Crippen LogP contribution < -0.4 is 15.9 Å². The molecule has 7 rings (SSSR count). The zero-order chi connectivity index (χ0) is 24.8. The minimum atomic E-state index is -3.09. The second-order valence-corrected chi connectivity index (χ2v) is 12.0. The van der Waals surface area contributed by atoms with Gasteiger partial charge < -0.3 is 8.97 Å². The number of aromatic nitrogens is 2. The first kappa shape index (κ1) is 21.8. The standard InChI is InChI=1S/C33H23N2OP/c36-37(25-13-3-1-4-14-25,26-15-5-2-6-16-26)27-17-11-12-24(22-27)33-28-18-7-9-20-30(28)35-31-21-10-8-19-29(31)34-23-32(33)35/h1-23H. The summed E-state index contributed by atoms with van der Waals surface area (Å²) in [6.45, 7) is 0. The van der Waals surface area contributed by atoms with Crippen LogP contribution in [0.2, 0.25) is 0 Å². The summed E-state index contributed by atoms with van der Waals surface area (Å²) in [5, 5.41) is 3.63.